The minimum Gasteiger partial charge on any atom is -0.459 e. The van der Waals surface area contributed by atoms with E-state index >= 15 is 0 Å². The van der Waals surface area contributed by atoms with Crippen LogP contribution in [-0.2, 0) is 21.4 Å². The highest BCUT2D eigenvalue weighted by Gasteiger charge is 2.27. The SMILES string of the molecule is CCCN(CC(=O)Nc1ccc(S(=O)(=O)N2CCCC2)cc1)Cc1nnc(-c2ccco2)o1. The van der Waals surface area contributed by atoms with E-state index in [1.54, 1.807) is 24.3 Å². The monoisotopic (exact) mass is 473 g/mol. The molecule has 176 valence electrons. The van der Waals surface area contributed by atoms with E-state index in [9.17, 15) is 13.2 Å². The molecule has 0 spiro atoms. The molecule has 0 radical (unpaired) electrons. The third kappa shape index (κ3) is 5.67. The summed E-state index contributed by atoms with van der Waals surface area (Å²) in [5.41, 5.74) is 0.537. The molecular weight excluding hydrogens is 446 g/mol. The summed E-state index contributed by atoms with van der Waals surface area (Å²) in [6, 6.07) is 9.75. The second-order valence-electron chi connectivity index (χ2n) is 7.87. The lowest BCUT2D eigenvalue weighted by Crippen LogP contribution is -2.33. The van der Waals surface area contributed by atoms with Gasteiger partial charge in [0.2, 0.25) is 21.8 Å². The van der Waals surface area contributed by atoms with E-state index < -0.39 is 10.0 Å². The van der Waals surface area contributed by atoms with Crippen molar-refractivity contribution < 1.29 is 22.0 Å². The van der Waals surface area contributed by atoms with Gasteiger partial charge in [-0.25, -0.2) is 8.42 Å². The fraction of sp³-hybridized carbons (Fsp3) is 0.409. The van der Waals surface area contributed by atoms with Crippen LogP contribution in [0.3, 0.4) is 0 Å². The van der Waals surface area contributed by atoms with Gasteiger partial charge in [0.25, 0.3) is 5.89 Å². The van der Waals surface area contributed by atoms with Crippen molar-refractivity contribution in [2.45, 2.75) is 37.6 Å². The van der Waals surface area contributed by atoms with Crippen LogP contribution in [-0.4, -0.2) is 59.9 Å². The predicted molar refractivity (Wildman–Crippen MR) is 121 cm³/mol. The molecule has 0 unspecified atom stereocenters. The number of amides is 1. The maximum Gasteiger partial charge on any atom is 0.283 e. The van der Waals surface area contributed by atoms with E-state index in [0.717, 1.165) is 19.3 Å². The van der Waals surface area contributed by atoms with Crippen LogP contribution < -0.4 is 5.32 Å². The van der Waals surface area contributed by atoms with Gasteiger partial charge in [-0.1, -0.05) is 6.92 Å². The van der Waals surface area contributed by atoms with Gasteiger partial charge in [0.15, 0.2) is 5.76 Å². The summed E-state index contributed by atoms with van der Waals surface area (Å²) in [5, 5.41) is 10.8. The summed E-state index contributed by atoms with van der Waals surface area (Å²) >= 11 is 0. The highest BCUT2D eigenvalue weighted by Crippen LogP contribution is 2.22. The lowest BCUT2D eigenvalue weighted by Gasteiger charge is -2.19. The topological polar surface area (TPSA) is 122 Å². The highest BCUT2D eigenvalue weighted by atomic mass is 32.2. The van der Waals surface area contributed by atoms with Crippen molar-refractivity contribution >= 4 is 21.6 Å². The number of carbonyl (C=O) groups excluding carboxylic acids is 1. The van der Waals surface area contributed by atoms with E-state index in [0.29, 0.717) is 49.4 Å². The van der Waals surface area contributed by atoms with Crippen LogP contribution >= 0.6 is 0 Å². The molecule has 33 heavy (non-hydrogen) atoms. The molecule has 1 aromatic carbocycles. The number of hydrogen-bond donors (Lipinski definition) is 1. The summed E-state index contributed by atoms with van der Waals surface area (Å²) in [6.07, 6.45) is 4.14. The first-order chi connectivity index (χ1) is 16.0. The number of nitrogens with zero attached hydrogens (tertiary/aromatic N) is 4. The number of anilines is 1. The molecule has 0 bridgehead atoms. The van der Waals surface area contributed by atoms with Gasteiger partial charge < -0.3 is 14.2 Å². The Labute approximate surface area is 192 Å². The molecule has 0 atom stereocenters. The smallest absolute Gasteiger partial charge is 0.283 e. The molecule has 1 aliphatic rings. The van der Waals surface area contributed by atoms with Crippen molar-refractivity contribution in [3.05, 3.63) is 48.6 Å². The van der Waals surface area contributed by atoms with Crippen LogP contribution in [0, 0.1) is 0 Å². The van der Waals surface area contributed by atoms with Crippen LogP contribution in [0.2, 0.25) is 0 Å². The van der Waals surface area contributed by atoms with Gasteiger partial charge in [0, 0.05) is 18.8 Å². The van der Waals surface area contributed by atoms with Gasteiger partial charge in [0.05, 0.1) is 24.2 Å². The van der Waals surface area contributed by atoms with E-state index in [4.69, 9.17) is 8.83 Å². The van der Waals surface area contributed by atoms with Gasteiger partial charge >= 0.3 is 0 Å². The molecule has 10 nitrogen and oxygen atoms in total. The average molecular weight is 474 g/mol. The predicted octanol–water partition coefficient (Wildman–Crippen LogP) is 2.96. The zero-order chi connectivity index (χ0) is 23.3. The average Bonchev–Trinajstić information content (AvgIpc) is 3.56. The first-order valence-electron chi connectivity index (χ1n) is 10.9. The van der Waals surface area contributed by atoms with Gasteiger partial charge in [-0.2, -0.15) is 4.31 Å². The first-order valence-corrected chi connectivity index (χ1v) is 12.4. The summed E-state index contributed by atoms with van der Waals surface area (Å²) in [5.74, 6) is 0.951. The minimum atomic E-state index is -3.48. The number of sulfonamides is 1. The zero-order valence-electron chi connectivity index (χ0n) is 18.4. The van der Waals surface area contributed by atoms with Crippen LogP contribution in [0.1, 0.15) is 32.1 Å². The van der Waals surface area contributed by atoms with Gasteiger partial charge in [-0.05, 0) is 62.2 Å². The Bertz CT molecular complexity index is 1150. The van der Waals surface area contributed by atoms with Gasteiger partial charge in [0.1, 0.15) is 0 Å². The zero-order valence-corrected chi connectivity index (χ0v) is 19.3. The first kappa shape index (κ1) is 23.1. The van der Waals surface area contributed by atoms with Gasteiger partial charge in [-0.3, -0.25) is 9.69 Å². The Morgan fingerprint density at radius 3 is 2.58 bits per heavy atom. The second kappa shape index (κ2) is 10.3. The van der Waals surface area contributed by atoms with Crippen molar-refractivity contribution in [3.8, 4) is 11.7 Å². The molecule has 1 N–H and O–H groups in total. The standard InChI is InChI=1S/C22H27N5O5S/c1-2-11-26(16-21-24-25-22(32-21)19-6-5-14-31-19)15-20(28)23-17-7-9-18(10-8-17)33(29,30)27-12-3-4-13-27/h5-10,14H,2-4,11-13,15-16H2,1H3,(H,23,28). The number of hydrogen-bond acceptors (Lipinski definition) is 8. The Morgan fingerprint density at radius 1 is 1.15 bits per heavy atom. The number of nitrogens with one attached hydrogen (secondary N) is 1. The fourth-order valence-corrected chi connectivity index (χ4v) is 5.25. The molecule has 3 aromatic rings. The number of aromatic nitrogens is 2. The third-order valence-corrected chi connectivity index (χ3v) is 7.22. The molecule has 0 saturated carbocycles. The van der Waals surface area contributed by atoms with Gasteiger partial charge in [-0.15, -0.1) is 10.2 Å². The number of furan rings is 1. The number of benzene rings is 1. The molecule has 1 fully saturated rings. The molecule has 1 amide bonds. The molecule has 1 aliphatic heterocycles. The van der Waals surface area contributed by atoms with E-state index in [-0.39, 0.29) is 17.3 Å². The Balaban J connectivity index is 1.35. The minimum absolute atomic E-state index is 0.125. The second-order valence-corrected chi connectivity index (χ2v) is 9.81. The lowest BCUT2D eigenvalue weighted by molar-refractivity contribution is -0.117. The van der Waals surface area contributed by atoms with Crippen LogP contribution in [0.5, 0.6) is 0 Å². The summed E-state index contributed by atoms with van der Waals surface area (Å²) in [6.45, 7) is 4.24. The van der Waals surface area contributed by atoms with Crippen molar-refractivity contribution in [3.63, 3.8) is 0 Å². The summed E-state index contributed by atoms with van der Waals surface area (Å²) in [7, 11) is -3.48. The third-order valence-electron chi connectivity index (χ3n) is 5.31. The molecule has 11 heteroatoms. The normalized spacial score (nSPS) is 14.7. The molecular formula is C22H27N5O5S. The van der Waals surface area contributed by atoms with Crippen LogP contribution in [0.25, 0.3) is 11.7 Å². The summed E-state index contributed by atoms with van der Waals surface area (Å²) < 4.78 is 37.7. The Hall–Kier alpha value is -3.02. The van der Waals surface area contributed by atoms with E-state index in [1.165, 1.54) is 22.7 Å². The maximum absolute atomic E-state index is 12.6. The van der Waals surface area contributed by atoms with Crippen molar-refractivity contribution in [1.82, 2.24) is 19.4 Å². The van der Waals surface area contributed by atoms with Crippen molar-refractivity contribution in [2.75, 3.05) is 31.5 Å². The van der Waals surface area contributed by atoms with Crippen molar-refractivity contribution in [1.29, 1.82) is 0 Å². The number of carbonyl (C=O) groups is 1. The summed E-state index contributed by atoms with van der Waals surface area (Å²) in [4.78, 5) is 14.7. The fourth-order valence-electron chi connectivity index (χ4n) is 3.73. The lowest BCUT2D eigenvalue weighted by atomic mass is 10.3. The maximum atomic E-state index is 12.6. The quantitative estimate of drug-likeness (QED) is 0.477. The molecule has 2 aromatic heterocycles. The molecule has 0 aliphatic carbocycles. The molecule has 3 heterocycles. The number of rotatable bonds is 10. The molecule has 4 rings (SSSR count). The Kier molecular flexibility index (Phi) is 7.21. The Morgan fingerprint density at radius 2 is 1.91 bits per heavy atom. The van der Waals surface area contributed by atoms with Crippen LogP contribution in [0.15, 0.2) is 56.4 Å². The van der Waals surface area contributed by atoms with E-state index in [2.05, 4.69) is 15.5 Å². The largest absolute Gasteiger partial charge is 0.459 e. The van der Waals surface area contributed by atoms with Crippen LogP contribution in [0.4, 0.5) is 5.69 Å². The highest BCUT2D eigenvalue weighted by molar-refractivity contribution is 7.89. The van der Waals surface area contributed by atoms with E-state index in [1.807, 2.05) is 11.8 Å². The molecule has 1 saturated heterocycles. The van der Waals surface area contributed by atoms with Crippen molar-refractivity contribution in [2.24, 2.45) is 0 Å².